The first-order chi connectivity index (χ1) is 8.72. The Morgan fingerprint density at radius 1 is 1.00 bits per heavy atom. The van der Waals surface area contributed by atoms with Gasteiger partial charge in [0.05, 0.1) is 12.7 Å². The molecule has 0 amide bonds. The zero-order chi connectivity index (χ0) is 13.0. The summed E-state index contributed by atoms with van der Waals surface area (Å²) < 4.78 is 4.56. The van der Waals surface area contributed by atoms with Crippen LogP contribution in [0.1, 0.15) is 26.4 Å². The lowest BCUT2D eigenvalue weighted by atomic mass is 10.1. The smallest absolute Gasteiger partial charge is 0.339 e. The quantitative estimate of drug-likeness (QED) is 0.610. The molecular weight excluding hydrogens is 230 g/mol. The minimum absolute atomic E-state index is 0.174. The van der Waals surface area contributed by atoms with E-state index in [4.69, 9.17) is 0 Å². The summed E-state index contributed by atoms with van der Waals surface area (Å²) >= 11 is 0. The maximum Gasteiger partial charge on any atom is 0.339 e. The number of carbonyl (C=O) groups excluding carboxylic acids is 2. The van der Waals surface area contributed by atoms with Crippen molar-refractivity contribution in [3.05, 3.63) is 65.5 Å². The van der Waals surface area contributed by atoms with Crippen molar-refractivity contribution < 1.29 is 14.3 Å². The van der Waals surface area contributed by atoms with Crippen LogP contribution in [0.3, 0.4) is 0 Å². The van der Waals surface area contributed by atoms with Crippen molar-refractivity contribution in [3.63, 3.8) is 0 Å². The van der Waals surface area contributed by atoms with Crippen molar-refractivity contribution in [2.75, 3.05) is 7.11 Å². The van der Waals surface area contributed by atoms with E-state index in [-0.39, 0.29) is 5.78 Å². The first kappa shape index (κ1) is 12.0. The number of ketones is 1. The molecule has 2 rings (SSSR count). The summed E-state index contributed by atoms with van der Waals surface area (Å²) in [6.45, 7) is 0. The van der Waals surface area contributed by atoms with Crippen molar-refractivity contribution in [1.82, 2.24) is 4.98 Å². The largest absolute Gasteiger partial charge is 0.465 e. The fourth-order valence-corrected chi connectivity index (χ4v) is 1.50. The third-order valence-corrected chi connectivity index (χ3v) is 2.45. The molecule has 18 heavy (non-hydrogen) atoms. The fraction of sp³-hybridized carbons (Fsp3) is 0.0714. The summed E-state index contributed by atoms with van der Waals surface area (Å²) in [6.07, 6.45) is 1.34. The molecule has 90 valence electrons. The van der Waals surface area contributed by atoms with Crippen LogP contribution in [0.2, 0.25) is 0 Å². The molecule has 1 heterocycles. The van der Waals surface area contributed by atoms with Gasteiger partial charge in [0.2, 0.25) is 5.78 Å². The highest BCUT2D eigenvalue weighted by Crippen LogP contribution is 2.08. The number of ether oxygens (including phenoxy) is 1. The van der Waals surface area contributed by atoms with Crippen LogP contribution in [-0.4, -0.2) is 23.8 Å². The first-order valence-corrected chi connectivity index (χ1v) is 5.36. The van der Waals surface area contributed by atoms with Gasteiger partial charge in [-0.2, -0.15) is 0 Å². The molecule has 0 spiro atoms. The Balaban J connectivity index is 2.25. The molecular formula is C14H11NO3. The highest BCUT2D eigenvalue weighted by atomic mass is 16.5. The molecule has 4 heteroatoms. The zero-order valence-corrected chi connectivity index (χ0v) is 9.79. The Morgan fingerprint density at radius 2 is 1.72 bits per heavy atom. The molecule has 0 aliphatic carbocycles. The first-order valence-electron chi connectivity index (χ1n) is 5.36. The van der Waals surface area contributed by atoms with Crippen molar-refractivity contribution in [2.24, 2.45) is 0 Å². The molecule has 0 unspecified atom stereocenters. The monoisotopic (exact) mass is 241 g/mol. The second-order valence-corrected chi connectivity index (χ2v) is 3.62. The molecule has 0 radical (unpaired) electrons. The normalized spacial score (nSPS) is 9.83. The molecule has 4 nitrogen and oxygen atoms in total. The summed E-state index contributed by atoms with van der Waals surface area (Å²) in [5.41, 5.74) is 1.19. The average molecular weight is 241 g/mol. The maximum absolute atomic E-state index is 12.0. The molecule has 0 saturated carbocycles. The average Bonchev–Trinajstić information content (AvgIpc) is 2.47. The number of methoxy groups -OCH3 is 1. The molecule has 1 aromatic heterocycles. The Morgan fingerprint density at radius 3 is 2.28 bits per heavy atom. The van der Waals surface area contributed by atoms with E-state index >= 15 is 0 Å². The SMILES string of the molecule is COC(=O)c1ccc(C(=O)c2ccccc2)nc1. The number of carbonyl (C=O) groups is 2. The summed E-state index contributed by atoms with van der Waals surface area (Å²) in [7, 11) is 1.30. The van der Waals surface area contributed by atoms with E-state index in [1.165, 1.54) is 25.4 Å². The minimum Gasteiger partial charge on any atom is -0.465 e. The highest BCUT2D eigenvalue weighted by molar-refractivity contribution is 6.07. The van der Waals surface area contributed by atoms with Crippen LogP contribution in [0.5, 0.6) is 0 Å². The molecule has 0 aliphatic rings. The van der Waals surface area contributed by atoms with E-state index in [1.807, 2.05) is 6.07 Å². The number of aromatic nitrogens is 1. The Hall–Kier alpha value is -2.49. The van der Waals surface area contributed by atoms with Crippen LogP contribution in [0, 0.1) is 0 Å². The van der Waals surface area contributed by atoms with Crippen LogP contribution >= 0.6 is 0 Å². The van der Waals surface area contributed by atoms with Gasteiger partial charge in [-0.3, -0.25) is 9.78 Å². The lowest BCUT2D eigenvalue weighted by Gasteiger charge is -2.01. The lowest BCUT2D eigenvalue weighted by molar-refractivity contribution is 0.0600. The zero-order valence-electron chi connectivity index (χ0n) is 9.79. The van der Waals surface area contributed by atoms with Crippen molar-refractivity contribution >= 4 is 11.8 Å². The van der Waals surface area contributed by atoms with E-state index in [0.29, 0.717) is 16.8 Å². The molecule has 0 atom stereocenters. The molecule has 0 fully saturated rings. The van der Waals surface area contributed by atoms with Crippen LogP contribution in [0.15, 0.2) is 48.7 Å². The standard InChI is InChI=1S/C14H11NO3/c1-18-14(17)11-7-8-12(15-9-11)13(16)10-5-3-2-4-6-10/h2-9H,1H3. The number of rotatable bonds is 3. The third-order valence-electron chi connectivity index (χ3n) is 2.45. The van der Waals surface area contributed by atoms with E-state index in [1.54, 1.807) is 24.3 Å². The Kier molecular flexibility index (Phi) is 3.48. The van der Waals surface area contributed by atoms with Gasteiger partial charge in [0, 0.05) is 11.8 Å². The number of pyridine rings is 1. The van der Waals surface area contributed by atoms with Gasteiger partial charge in [-0.1, -0.05) is 30.3 Å². The number of benzene rings is 1. The Labute approximate surface area is 104 Å². The van der Waals surface area contributed by atoms with Gasteiger partial charge < -0.3 is 4.74 Å². The maximum atomic E-state index is 12.0. The van der Waals surface area contributed by atoms with Gasteiger partial charge >= 0.3 is 5.97 Å². The van der Waals surface area contributed by atoms with Crippen LogP contribution in [0.4, 0.5) is 0 Å². The van der Waals surface area contributed by atoms with Crippen LogP contribution < -0.4 is 0 Å². The van der Waals surface area contributed by atoms with E-state index in [2.05, 4.69) is 9.72 Å². The summed E-state index contributed by atoms with van der Waals surface area (Å²) in [5, 5.41) is 0. The molecule has 0 saturated heterocycles. The van der Waals surface area contributed by atoms with Gasteiger partial charge in [-0.25, -0.2) is 4.79 Å². The van der Waals surface area contributed by atoms with Gasteiger partial charge in [-0.15, -0.1) is 0 Å². The summed E-state index contributed by atoms with van der Waals surface area (Å²) in [4.78, 5) is 27.2. The van der Waals surface area contributed by atoms with Gasteiger partial charge in [0.15, 0.2) is 0 Å². The van der Waals surface area contributed by atoms with Crippen molar-refractivity contribution in [1.29, 1.82) is 0 Å². The van der Waals surface area contributed by atoms with E-state index < -0.39 is 5.97 Å². The number of esters is 1. The highest BCUT2D eigenvalue weighted by Gasteiger charge is 2.11. The molecule has 0 aliphatic heterocycles. The second kappa shape index (κ2) is 5.23. The third kappa shape index (κ3) is 2.43. The van der Waals surface area contributed by atoms with Gasteiger partial charge in [0.1, 0.15) is 5.69 Å². The van der Waals surface area contributed by atoms with Crippen LogP contribution in [-0.2, 0) is 4.74 Å². The topological polar surface area (TPSA) is 56.3 Å². The molecule has 2 aromatic rings. The number of nitrogens with zero attached hydrogens (tertiary/aromatic N) is 1. The summed E-state index contributed by atoms with van der Waals surface area (Å²) in [5.74, 6) is -0.645. The van der Waals surface area contributed by atoms with Gasteiger partial charge in [-0.05, 0) is 12.1 Å². The number of hydrogen-bond acceptors (Lipinski definition) is 4. The van der Waals surface area contributed by atoms with Crippen molar-refractivity contribution in [3.8, 4) is 0 Å². The van der Waals surface area contributed by atoms with E-state index in [9.17, 15) is 9.59 Å². The lowest BCUT2D eigenvalue weighted by Crippen LogP contribution is -2.06. The fourth-order valence-electron chi connectivity index (χ4n) is 1.50. The molecule has 0 N–H and O–H groups in total. The minimum atomic E-state index is -0.471. The molecule has 1 aromatic carbocycles. The van der Waals surface area contributed by atoms with E-state index in [0.717, 1.165) is 0 Å². The Bertz CT molecular complexity index is 561. The predicted molar refractivity (Wildman–Crippen MR) is 65.5 cm³/mol. The van der Waals surface area contributed by atoms with Crippen LogP contribution in [0.25, 0.3) is 0 Å². The summed E-state index contributed by atoms with van der Waals surface area (Å²) in [6, 6.07) is 11.9. The number of hydrogen-bond donors (Lipinski definition) is 0. The predicted octanol–water partition coefficient (Wildman–Crippen LogP) is 2.10. The van der Waals surface area contributed by atoms with Crippen molar-refractivity contribution in [2.45, 2.75) is 0 Å². The molecule has 0 bridgehead atoms. The second-order valence-electron chi connectivity index (χ2n) is 3.62. The van der Waals surface area contributed by atoms with Gasteiger partial charge in [0.25, 0.3) is 0 Å².